The van der Waals surface area contributed by atoms with Crippen LogP contribution in [-0.4, -0.2) is 103 Å². The molecule has 2 aromatic heterocycles. The first-order valence-electron chi connectivity index (χ1n) is 29.3. The van der Waals surface area contributed by atoms with Crippen molar-refractivity contribution in [2.75, 3.05) is 53.2 Å². The number of aromatic nitrogens is 4. The van der Waals surface area contributed by atoms with Crippen LogP contribution in [0.1, 0.15) is 56.7 Å². The standard InChI is InChI=1S/C33H27ClN2O6S2.C29H28ClN3O3S.C4H8O.C3H8.H3N/c1-23-12-15-28(16-13-23)44(39,40)42-19-18-41-27-14-17-31-30(21-27)33(35-36(31)22-24-6-4-9-26(34)20-24)43(37,38)32-11-5-8-25-7-2-3-10-29(25)32;1-3-32(2)16-17-36-24-14-15-27-26(19-24)29(31-33(27)20-21-8-6-11-23(30)18-21)37(34,35)28-13-7-10-22-9-4-5-12-25(22)28;1-2-4-5-3-1;1-3-2;/h2-17,20-21H,18-19,22H2,1H3;4-15,18-19H,3,16-17,20H2,1-2H3;1-4H2;3H2,1-2H3;1H3. The predicted molar refractivity (Wildman–Crippen MR) is 359 cm³/mol. The first-order valence-corrected chi connectivity index (χ1v) is 34.5. The average molecular weight is 1310 g/mol. The maximum absolute atomic E-state index is 14.2. The van der Waals surface area contributed by atoms with Crippen molar-refractivity contribution in [2.45, 2.75) is 84.8 Å². The molecule has 21 heteroatoms. The first-order chi connectivity index (χ1) is 42.9. The molecule has 472 valence electrons. The summed E-state index contributed by atoms with van der Waals surface area (Å²) in [6, 6.07) is 56.8. The molecule has 1 aliphatic rings. The highest BCUT2D eigenvalue weighted by atomic mass is 35.5. The Labute approximate surface area is 537 Å². The summed E-state index contributed by atoms with van der Waals surface area (Å²) >= 11 is 12.4. The van der Waals surface area contributed by atoms with Crippen molar-refractivity contribution in [2.24, 2.45) is 0 Å². The Morgan fingerprint density at radius 3 is 1.41 bits per heavy atom. The molecule has 0 spiro atoms. The molecule has 9 aromatic carbocycles. The zero-order valence-corrected chi connectivity index (χ0v) is 54.9. The molecule has 0 saturated carbocycles. The van der Waals surface area contributed by atoms with Crippen LogP contribution >= 0.6 is 23.2 Å². The van der Waals surface area contributed by atoms with Crippen LogP contribution in [0, 0.1) is 6.92 Å². The van der Waals surface area contributed by atoms with Crippen molar-refractivity contribution in [3.8, 4) is 11.5 Å². The van der Waals surface area contributed by atoms with Crippen molar-refractivity contribution in [3.63, 3.8) is 0 Å². The second kappa shape index (κ2) is 31.4. The summed E-state index contributed by atoms with van der Waals surface area (Å²) in [4.78, 5) is 2.58. The Balaban J connectivity index is 0.000000207. The van der Waals surface area contributed by atoms with Gasteiger partial charge in [0.05, 0.1) is 38.8 Å². The summed E-state index contributed by atoms with van der Waals surface area (Å²) < 4.78 is 107. The molecule has 12 rings (SSSR count). The van der Waals surface area contributed by atoms with Gasteiger partial charge in [-0.05, 0) is 140 Å². The average Bonchev–Trinajstić information content (AvgIpc) is 1.68. The Morgan fingerprint density at radius 2 is 0.967 bits per heavy atom. The van der Waals surface area contributed by atoms with Gasteiger partial charge in [-0.15, -0.1) is 0 Å². The van der Waals surface area contributed by atoms with Gasteiger partial charge < -0.3 is 25.3 Å². The largest absolute Gasteiger partial charge is 0.492 e. The lowest BCUT2D eigenvalue weighted by atomic mass is 10.1. The zero-order chi connectivity index (χ0) is 63.1. The smallest absolute Gasteiger partial charge is 0.297 e. The number of benzene rings is 9. The lowest BCUT2D eigenvalue weighted by molar-refractivity contribution is 0.198. The molecular formula is C69H74Cl2N6O10S3. The maximum atomic E-state index is 14.2. The minimum absolute atomic E-state index is 0. The fourth-order valence-electron chi connectivity index (χ4n) is 9.82. The number of fused-ring (bicyclic) bond motifs is 4. The number of halogens is 2. The van der Waals surface area contributed by atoms with Crippen LogP contribution in [0.4, 0.5) is 0 Å². The van der Waals surface area contributed by atoms with Crippen LogP contribution in [0.25, 0.3) is 43.4 Å². The van der Waals surface area contributed by atoms with E-state index >= 15 is 0 Å². The van der Waals surface area contributed by atoms with Gasteiger partial charge in [0, 0.05) is 51.3 Å². The van der Waals surface area contributed by atoms with E-state index < -0.39 is 29.8 Å². The van der Waals surface area contributed by atoms with Gasteiger partial charge in [0.2, 0.25) is 19.7 Å². The minimum atomic E-state index is -4.08. The van der Waals surface area contributed by atoms with Crippen LogP contribution in [0.5, 0.6) is 11.5 Å². The Morgan fingerprint density at radius 1 is 0.522 bits per heavy atom. The van der Waals surface area contributed by atoms with Crippen molar-refractivity contribution >= 4 is 96.3 Å². The number of likely N-dealkylation sites (N-methyl/N-ethyl adjacent to an activating group) is 1. The van der Waals surface area contributed by atoms with Gasteiger partial charge in [0.15, 0.2) is 10.1 Å². The molecule has 11 aromatic rings. The number of hydrogen-bond acceptors (Lipinski definition) is 14. The fraction of sp³-hybridized carbons (Fsp3) is 0.246. The molecular weight excluding hydrogens is 1240 g/mol. The van der Waals surface area contributed by atoms with E-state index in [1.807, 2.05) is 111 Å². The third-order valence-electron chi connectivity index (χ3n) is 14.4. The third-order valence-corrected chi connectivity index (χ3v) is 19.7. The van der Waals surface area contributed by atoms with Crippen LogP contribution in [0.3, 0.4) is 0 Å². The second-order valence-electron chi connectivity index (χ2n) is 21.2. The summed E-state index contributed by atoms with van der Waals surface area (Å²) in [5.74, 6) is 0.944. The number of aryl methyl sites for hydroxylation is 1. The van der Waals surface area contributed by atoms with Gasteiger partial charge >= 0.3 is 0 Å². The first kappa shape index (κ1) is 68.2. The minimum Gasteiger partial charge on any atom is -0.492 e. The van der Waals surface area contributed by atoms with Crippen molar-refractivity contribution in [1.29, 1.82) is 0 Å². The van der Waals surface area contributed by atoms with Gasteiger partial charge in [-0.2, -0.15) is 18.6 Å². The monoisotopic (exact) mass is 1310 g/mol. The molecule has 0 atom stereocenters. The SMILES string of the molecule is C1CCOC1.CCC.CCN(C)CCOc1ccc2c(c1)c(S(=O)(=O)c1cccc3ccccc13)nn2Cc1cccc(Cl)c1.Cc1ccc(S(=O)(=O)OCCOc2ccc3c(c2)c(S(=O)(=O)c2cccc4ccccc24)nn3Cc2cccc(Cl)c2)cc1.N. The fourth-order valence-corrected chi connectivity index (χ4v) is 14.3. The van der Waals surface area contributed by atoms with Crippen LogP contribution in [-0.2, 0) is 51.8 Å². The molecule has 0 radical (unpaired) electrons. The summed E-state index contributed by atoms with van der Waals surface area (Å²) in [5.41, 5.74) is 3.99. The zero-order valence-electron chi connectivity index (χ0n) is 51.0. The van der Waals surface area contributed by atoms with Crippen LogP contribution < -0.4 is 15.6 Å². The van der Waals surface area contributed by atoms with Crippen molar-refractivity contribution < 1.29 is 43.6 Å². The highest BCUT2D eigenvalue weighted by molar-refractivity contribution is 7.92. The summed E-state index contributed by atoms with van der Waals surface area (Å²) in [5, 5.41) is 14.1. The Hall–Kier alpha value is -7.69. The maximum Gasteiger partial charge on any atom is 0.297 e. The normalized spacial score (nSPS) is 12.4. The predicted octanol–water partition coefficient (Wildman–Crippen LogP) is 15.2. The Kier molecular flexibility index (Phi) is 23.8. The molecule has 1 aliphatic heterocycles. The van der Waals surface area contributed by atoms with E-state index in [1.165, 1.54) is 31.4 Å². The lowest BCUT2D eigenvalue weighted by Gasteiger charge is -2.14. The van der Waals surface area contributed by atoms with Crippen LogP contribution in [0.2, 0.25) is 10.0 Å². The van der Waals surface area contributed by atoms with Crippen molar-refractivity contribution in [1.82, 2.24) is 30.6 Å². The Bertz CT molecular complexity index is 4560. The van der Waals surface area contributed by atoms with Gasteiger partial charge in [0.1, 0.15) is 31.3 Å². The quantitative estimate of drug-likeness (QED) is 0.0589. The summed E-state index contributed by atoms with van der Waals surface area (Å²) in [6.45, 7) is 12.7. The number of hydrogen-bond donors (Lipinski definition) is 1. The number of ether oxygens (including phenoxy) is 3. The van der Waals surface area contributed by atoms with E-state index in [0.717, 1.165) is 53.8 Å². The third kappa shape index (κ3) is 16.8. The van der Waals surface area contributed by atoms with E-state index in [4.69, 9.17) is 41.6 Å². The van der Waals surface area contributed by atoms with E-state index in [0.29, 0.717) is 67.3 Å². The van der Waals surface area contributed by atoms with Crippen LogP contribution in [0.15, 0.2) is 219 Å². The van der Waals surface area contributed by atoms with Crippen molar-refractivity contribution in [3.05, 3.63) is 221 Å². The highest BCUT2D eigenvalue weighted by Gasteiger charge is 2.30. The molecule has 0 aliphatic carbocycles. The molecule has 0 unspecified atom stereocenters. The lowest BCUT2D eigenvalue weighted by Crippen LogP contribution is -2.23. The summed E-state index contributed by atoms with van der Waals surface area (Å²) in [6.07, 6.45) is 3.81. The van der Waals surface area contributed by atoms with E-state index in [2.05, 4.69) is 35.9 Å². The summed E-state index contributed by atoms with van der Waals surface area (Å²) in [7, 11) is -9.96. The van der Waals surface area contributed by atoms with Gasteiger partial charge in [-0.25, -0.2) is 16.8 Å². The van der Waals surface area contributed by atoms with E-state index in [9.17, 15) is 25.3 Å². The second-order valence-corrected chi connectivity index (χ2v) is 27.4. The van der Waals surface area contributed by atoms with Gasteiger partial charge in [-0.1, -0.05) is 165 Å². The molecule has 1 fully saturated rings. The van der Waals surface area contributed by atoms with Gasteiger partial charge in [0.25, 0.3) is 10.1 Å². The van der Waals surface area contributed by atoms with Gasteiger partial charge in [-0.3, -0.25) is 13.5 Å². The molecule has 0 amide bonds. The molecule has 0 bridgehead atoms. The number of nitrogens with zero attached hydrogens (tertiary/aromatic N) is 5. The molecule has 3 N–H and O–H groups in total. The van der Waals surface area contributed by atoms with E-state index in [1.54, 1.807) is 94.3 Å². The molecule has 1 saturated heterocycles. The molecule has 90 heavy (non-hydrogen) atoms. The molecule has 3 heterocycles. The van der Waals surface area contributed by atoms with E-state index in [-0.39, 0.29) is 50.6 Å². The topological polar surface area (TPSA) is 213 Å². The highest BCUT2D eigenvalue weighted by Crippen LogP contribution is 2.36. The molecule has 16 nitrogen and oxygen atoms in total. The number of rotatable bonds is 19. The number of sulfone groups is 2.